The standard InChI is InChI=1S/C14H23N3O/c1-13(2,3)10-14(4,5)17-12(18)16-11-6-8-15-9-7-11/h6-9H,10H2,1-5H3,(H2,15,16,17,18). The Labute approximate surface area is 109 Å². The normalized spacial score (nSPS) is 12.1. The first-order chi connectivity index (χ1) is 8.18. The molecule has 2 N–H and O–H groups in total. The SMILES string of the molecule is CC(C)(C)CC(C)(C)NC(=O)Nc1ccncc1. The molecule has 18 heavy (non-hydrogen) atoms. The number of pyridine rings is 1. The second kappa shape index (κ2) is 5.38. The van der Waals surface area contributed by atoms with Crippen LogP contribution in [0.4, 0.5) is 10.5 Å². The van der Waals surface area contributed by atoms with Gasteiger partial charge in [-0.05, 0) is 37.8 Å². The Kier molecular flexibility index (Phi) is 4.33. The van der Waals surface area contributed by atoms with Crippen molar-refractivity contribution >= 4 is 11.7 Å². The number of nitrogens with zero attached hydrogens (tertiary/aromatic N) is 1. The highest BCUT2D eigenvalue weighted by atomic mass is 16.2. The molecule has 0 aliphatic carbocycles. The molecule has 100 valence electrons. The van der Waals surface area contributed by atoms with E-state index < -0.39 is 0 Å². The number of amides is 2. The van der Waals surface area contributed by atoms with Crippen LogP contribution in [0.5, 0.6) is 0 Å². The molecule has 0 saturated carbocycles. The van der Waals surface area contributed by atoms with Crippen molar-refractivity contribution in [1.29, 1.82) is 0 Å². The van der Waals surface area contributed by atoms with Crippen LogP contribution in [-0.4, -0.2) is 16.6 Å². The molecule has 0 fully saturated rings. The van der Waals surface area contributed by atoms with Gasteiger partial charge in [0.1, 0.15) is 0 Å². The van der Waals surface area contributed by atoms with Crippen molar-refractivity contribution in [2.24, 2.45) is 5.41 Å². The number of rotatable bonds is 3. The molecule has 0 atom stereocenters. The summed E-state index contributed by atoms with van der Waals surface area (Å²) in [5.74, 6) is 0. The molecule has 2 amide bonds. The Morgan fingerprint density at radius 2 is 1.72 bits per heavy atom. The minimum atomic E-state index is -0.241. The first-order valence-corrected chi connectivity index (χ1v) is 6.17. The van der Waals surface area contributed by atoms with E-state index in [0.29, 0.717) is 0 Å². The van der Waals surface area contributed by atoms with Crippen molar-refractivity contribution < 1.29 is 4.79 Å². The van der Waals surface area contributed by atoms with E-state index in [9.17, 15) is 4.79 Å². The summed E-state index contributed by atoms with van der Waals surface area (Å²) in [5, 5.41) is 5.78. The molecule has 0 radical (unpaired) electrons. The number of hydrogen-bond acceptors (Lipinski definition) is 2. The maximum atomic E-state index is 11.9. The van der Waals surface area contributed by atoms with Gasteiger partial charge in [-0.1, -0.05) is 20.8 Å². The molecule has 0 aliphatic rings. The molecule has 0 saturated heterocycles. The van der Waals surface area contributed by atoms with E-state index in [-0.39, 0.29) is 17.0 Å². The highest BCUT2D eigenvalue weighted by Gasteiger charge is 2.26. The number of hydrogen-bond donors (Lipinski definition) is 2. The predicted octanol–water partition coefficient (Wildman–Crippen LogP) is 3.42. The van der Waals surface area contributed by atoms with Gasteiger partial charge >= 0.3 is 6.03 Å². The van der Waals surface area contributed by atoms with Crippen LogP contribution >= 0.6 is 0 Å². The summed E-state index contributed by atoms with van der Waals surface area (Å²) in [6, 6.07) is 3.34. The Morgan fingerprint density at radius 3 is 2.22 bits per heavy atom. The fraction of sp³-hybridized carbons (Fsp3) is 0.571. The van der Waals surface area contributed by atoms with Crippen LogP contribution in [0.2, 0.25) is 0 Å². The van der Waals surface area contributed by atoms with Crippen LogP contribution in [0.1, 0.15) is 41.0 Å². The molecular formula is C14H23N3O. The van der Waals surface area contributed by atoms with Gasteiger partial charge in [-0.15, -0.1) is 0 Å². The topological polar surface area (TPSA) is 54.0 Å². The van der Waals surface area contributed by atoms with E-state index in [1.54, 1.807) is 24.5 Å². The number of nitrogens with one attached hydrogen (secondary N) is 2. The lowest BCUT2D eigenvalue weighted by Gasteiger charge is -2.33. The Balaban J connectivity index is 2.54. The maximum absolute atomic E-state index is 11.9. The lowest BCUT2D eigenvalue weighted by atomic mass is 9.82. The molecule has 1 aromatic rings. The molecule has 4 heteroatoms. The smallest absolute Gasteiger partial charge is 0.319 e. The molecule has 1 aromatic heterocycles. The zero-order valence-corrected chi connectivity index (χ0v) is 11.9. The van der Waals surface area contributed by atoms with Crippen LogP contribution < -0.4 is 10.6 Å². The van der Waals surface area contributed by atoms with E-state index in [1.165, 1.54) is 0 Å². The fourth-order valence-electron chi connectivity index (χ4n) is 2.27. The zero-order valence-electron chi connectivity index (χ0n) is 11.9. The second-order valence-corrected chi connectivity index (χ2v) is 6.44. The summed E-state index contributed by atoms with van der Waals surface area (Å²) in [7, 11) is 0. The summed E-state index contributed by atoms with van der Waals surface area (Å²) in [4.78, 5) is 15.8. The highest BCUT2D eigenvalue weighted by Crippen LogP contribution is 2.26. The van der Waals surface area contributed by atoms with Crippen molar-refractivity contribution in [3.8, 4) is 0 Å². The van der Waals surface area contributed by atoms with Gasteiger partial charge in [-0.25, -0.2) is 4.79 Å². The van der Waals surface area contributed by atoms with E-state index in [2.05, 4.69) is 36.4 Å². The van der Waals surface area contributed by atoms with Crippen LogP contribution in [0, 0.1) is 5.41 Å². The summed E-state index contributed by atoms with van der Waals surface area (Å²) in [6.45, 7) is 10.6. The lowest BCUT2D eigenvalue weighted by Crippen LogP contribution is -2.47. The van der Waals surface area contributed by atoms with Gasteiger partial charge in [0.15, 0.2) is 0 Å². The Bertz CT molecular complexity index is 393. The number of urea groups is 1. The monoisotopic (exact) mass is 249 g/mol. The van der Waals surface area contributed by atoms with E-state index >= 15 is 0 Å². The van der Waals surface area contributed by atoms with Crippen molar-refractivity contribution in [2.75, 3.05) is 5.32 Å². The highest BCUT2D eigenvalue weighted by molar-refractivity contribution is 5.89. The van der Waals surface area contributed by atoms with E-state index in [1.807, 2.05) is 13.8 Å². The number of carbonyl (C=O) groups excluding carboxylic acids is 1. The number of anilines is 1. The average Bonchev–Trinajstić information content (AvgIpc) is 2.13. The van der Waals surface area contributed by atoms with Crippen LogP contribution in [0.15, 0.2) is 24.5 Å². The van der Waals surface area contributed by atoms with Crippen molar-refractivity contribution in [3.05, 3.63) is 24.5 Å². The summed E-state index contributed by atoms with van der Waals surface area (Å²) in [6.07, 6.45) is 4.20. The first kappa shape index (κ1) is 14.5. The van der Waals surface area contributed by atoms with Gasteiger partial charge in [0.05, 0.1) is 0 Å². The third kappa shape index (κ3) is 5.66. The van der Waals surface area contributed by atoms with Crippen LogP contribution in [0.25, 0.3) is 0 Å². The molecule has 4 nitrogen and oxygen atoms in total. The van der Waals surface area contributed by atoms with Gasteiger partial charge in [0, 0.05) is 23.6 Å². The molecule has 0 unspecified atom stereocenters. The maximum Gasteiger partial charge on any atom is 0.319 e. The second-order valence-electron chi connectivity index (χ2n) is 6.44. The summed E-state index contributed by atoms with van der Waals surface area (Å²) in [5.41, 5.74) is 0.678. The molecule has 1 rings (SSSR count). The fourth-order valence-corrected chi connectivity index (χ4v) is 2.27. The van der Waals surface area contributed by atoms with Crippen molar-refractivity contribution in [3.63, 3.8) is 0 Å². The van der Waals surface area contributed by atoms with Crippen molar-refractivity contribution in [1.82, 2.24) is 10.3 Å². The Morgan fingerprint density at radius 1 is 1.17 bits per heavy atom. The van der Waals surface area contributed by atoms with E-state index in [4.69, 9.17) is 0 Å². The van der Waals surface area contributed by atoms with Gasteiger partial charge in [-0.2, -0.15) is 0 Å². The lowest BCUT2D eigenvalue weighted by molar-refractivity contribution is 0.220. The van der Waals surface area contributed by atoms with E-state index in [0.717, 1.165) is 12.1 Å². The first-order valence-electron chi connectivity index (χ1n) is 6.17. The van der Waals surface area contributed by atoms with Crippen LogP contribution in [-0.2, 0) is 0 Å². The molecule has 0 bridgehead atoms. The van der Waals surface area contributed by atoms with Gasteiger partial charge in [0.2, 0.25) is 0 Å². The number of carbonyl (C=O) groups is 1. The zero-order chi connectivity index (χ0) is 13.8. The van der Waals surface area contributed by atoms with Gasteiger partial charge in [-0.3, -0.25) is 4.98 Å². The molecule has 0 aliphatic heterocycles. The molecule has 0 spiro atoms. The van der Waals surface area contributed by atoms with Gasteiger partial charge in [0.25, 0.3) is 0 Å². The Hall–Kier alpha value is -1.58. The predicted molar refractivity (Wildman–Crippen MR) is 74.5 cm³/mol. The number of aromatic nitrogens is 1. The van der Waals surface area contributed by atoms with Gasteiger partial charge < -0.3 is 10.6 Å². The largest absolute Gasteiger partial charge is 0.333 e. The molecule has 1 heterocycles. The quantitative estimate of drug-likeness (QED) is 0.862. The third-order valence-electron chi connectivity index (χ3n) is 2.36. The summed E-state index contributed by atoms with van der Waals surface area (Å²) < 4.78 is 0. The van der Waals surface area contributed by atoms with Crippen molar-refractivity contribution in [2.45, 2.75) is 46.6 Å². The third-order valence-corrected chi connectivity index (χ3v) is 2.36. The molecular weight excluding hydrogens is 226 g/mol. The van der Waals surface area contributed by atoms with Crippen LogP contribution in [0.3, 0.4) is 0 Å². The molecule has 0 aromatic carbocycles. The minimum Gasteiger partial charge on any atom is -0.333 e. The minimum absolute atomic E-state index is 0.174. The summed E-state index contributed by atoms with van der Waals surface area (Å²) >= 11 is 0. The average molecular weight is 249 g/mol.